The van der Waals surface area contributed by atoms with Gasteiger partial charge in [-0.1, -0.05) is 13.2 Å². The largest absolute Gasteiger partial charge is 0.488 e. The summed E-state index contributed by atoms with van der Waals surface area (Å²) >= 11 is 0. The third kappa shape index (κ3) is 4.63. The molecule has 10 heteroatoms. The molecule has 4 saturated carbocycles. The van der Waals surface area contributed by atoms with Gasteiger partial charge in [-0.05, 0) is 56.4 Å². The maximum atomic E-state index is 13.2. The van der Waals surface area contributed by atoms with Gasteiger partial charge in [0.2, 0.25) is 6.10 Å². The molecule has 3 atom stereocenters. The minimum Gasteiger partial charge on any atom is -0.488 e. The third-order valence-electron chi connectivity index (χ3n) is 6.23. The number of carbonyl (C=O) groups is 1. The topological polar surface area (TPSA) is 89.9 Å². The lowest BCUT2D eigenvalue weighted by atomic mass is 9.48. The van der Waals surface area contributed by atoms with Crippen molar-refractivity contribution in [2.24, 2.45) is 17.3 Å². The maximum absolute atomic E-state index is 13.2. The van der Waals surface area contributed by atoms with Crippen LogP contribution in [0.25, 0.3) is 0 Å². The third-order valence-corrected chi connectivity index (χ3v) is 6.96. The molecule has 0 aliphatic heterocycles. The Morgan fingerprint density at radius 2 is 1.76 bits per heavy atom. The Balaban J connectivity index is 1.84. The summed E-state index contributed by atoms with van der Waals surface area (Å²) in [5.74, 6) is -2.21. The molecule has 0 saturated heterocycles. The molecule has 0 radical (unpaired) electrons. The first-order chi connectivity index (χ1) is 13.1. The molecule has 4 aliphatic carbocycles. The smallest absolute Gasteiger partial charge is 0.426 e. The number of hydrogen-bond acceptors (Lipinski definition) is 5. The number of alkyl halides is 3. The summed E-state index contributed by atoms with van der Waals surface area (Å²) in [6.45, 7) is 9.35. The van der Waals surface area contributed by atoms with E-state index in [9.17, 15) is 26.4 Å². The standard InChI is InChI=1S/C19H25F3O6S/c1-11(2)12(3)28-18-7-13-4-14(8-18)6-17(5-13,10-18)16(23)27-15(19(20,21)22)9-29(24,25)26/h13-15H,1,3-10H2,2H3,(H,24,25,26). The van der Waals surface area contributed by atoms with Crippen LogP contribution in [-0.4, -0.2) is 42.6 Å². The molecule has 4 aliphatic rings. The van der Waals surface area contributed by atoms with E-state index < -0.39 is 45.1 Å². The van der Waals surface area contributed by atoms with Crippen molar-refractivity contribution in [3.05, 3.63) is 24.5 Å². The molecule has 164 valence electrons. The molecule has 0 aromatic rings. The van der Waals surface area contributed by atoms with Crippen molar-refractivity contribution in [2.45, 2.75) is 63.3 Å². The SMILES string of the molecule is C=C(C)C(=C)OC12CC3CC(C1)CC(C(=O)OC(CS(=O)(=O)O)C(F)(F)F)(C3)C2. The molecular weight excluding hydrogens is 413 g/mol. The second kappa shape index (κ2) is 7.01. The molecule has 0 amide bonds. The normalized spacial score (nSPS) is 34.5. The summed E-state index contributed by atoms with van der Waals surface area (Å²) < 4.78 is 81.2. The fourth-order valence-electron chi connectivity index (χ4n) is 5.53. The van der Waals surface area contributed by atoms with Crippen LogP contribution in [0.15, 0.2) is 24.5 Å². The number of esters is 1. The number of hydrogen-bond donors (Lipinski definition) is 1. The molecule has 29 heavy (non-hydrogen) atoms. The summed E-state index contributed by atoms with van der Waals surface area (Å²) in [7, 11) is -4.99. The quantitative estimate of drug-likeness (QED) is 0.282. The Morgan fingerprint density at radius 3 is 2.21 bits per heavy atom. The van der Waals surface area contributed by atoms with Crippen LogP contribution in [0.2, 0.25) is 0 Å². The molecule has 1 N–H and O–H groups in total. The highest BCUT2D eigenvalue weighted by molar-refractivity contribution is 7.85. The van der Waals surface area contributed by atoms with Crippen LogP contribution >= 0.6 is 0 Å². The van der Waals surface area contributed by atoms with Crippen LogP contribution in [0.4, 0.5) is 13.2 Å². The van der Waals surface area contributed by atoms with Crippen LogP contribution in [0, 0.1) is 17.3 Å². The summed E-state index contributed by atoms with van der Waals surface area (Å²) in [6.07, 6.45) is -4.86. The van der Waals surface area contributed by atoms with E-state index in [1.807, 2.05) is 0 Å². The minimum absolute atomic E-state index is 0.104. The van der Waals surface area contributed by atoms with Gasteiger partial charge in [0.15, 0.2) is 0 Å². The average Bonchev–Trinajstić information content (AvgIpc) is 2.50. The molecule has 3 unspecified atom stereocenters. The molecule has 0 spiro atoms. The summed E-state index contributed by atoms with van der Waals surface area (Å²) in [6, 6.07) is 0. The zero-order valence-electron chi connectivity index (χ0n) is 16.1. The van der Waals surface area contributed by atoms with Crippen LogP contribution in [0.1, 0.15) is 45.4 Å². The highest BCUT2D eigenvalue weighted by atomic mass is 32.2. The van der Waals surface area contributed by atoms with Gasteiger partial charge in [-0.3, -0.25) is 9.35 Å². The van der Waals surface area contributed by atoms with E-state index in [1.54, 1.807) is 6.92 Å². The summed E-state index contributed by atoms with van der Waals surface area (Å²) in [4.78, 5) is 12.9. The number of halogens is 3. The highest BCUT2D eigenvalue weighted by Gasteiger charge is 2.63. The predicted octanol–water partition coefficient (Wildman–Crippen LogP) is 3.79. The van der Waals surface area contributed by atoms with E-state index in [-0.39, 0.29) is 18.3 Å². The molecule has 4 fully saturated rings. The maximum Gasteiger partial charge on any atom is 0.426 e. The Morgan fingerprint density at radius 1 is 1.21 bits per heavy atom. The van der Waals surface area contributed by atoms with Crippen molar-refractivity contribution >= 4 is 16.1 Å². The fraction of sp³-hybridized carbons (Fsp3) is 0.737. The highest BCUT2D eigenvalue weighted by Crippen LogP contribution is 2.63. The molecule has 6 nitrogen and oxygen atoms in total. The Hall–Kier alpha value is -1.55. The van der Waals surface area contributed by atoms with Crippen LogP contribution in [0.5, 0.6) is 0 Å². The van der Waals surface area contributed by atoms with Gasteiger partial charge in [0.25, 0.3) is 10.1 Å². The van der Waals surface area contributed by atoms with Crippen molar-refractivity contribution in [3.8, 4) is 0 Å². The number of carbonyl (C=O) groups excluding carboxylic acids is 1. The van der Waals surface area contributed by atoms with Crippen molar-refractivity contribution in [1.82, 2.24) is 0 Å². The van der Waals surface area contributed by atoms with Gasteiger partial charge >= 0.3 is 12.1 Å². The molecule has 0 heterocycles. The minimum atomic E-state index is -5.11. The van der Waals surface area contributed by atoms with Gasteiger partial charge in [0.1, 0.15) is 17.1 Å². The van der Waals surface area contributed by atoms with E-state index in [0.717, 1.165) is 6.42 Å². The van der Waals surface area contributed by atoms with Gasteiger partial charge < -0.3 is 9.47 Å². The van der Waals surface area contributed by atoms with Gasteiger partial charge in [-0.25, -0.2) is 0 Å². The Kier molecular flexibility index (Phi) is 5.35. The first kappa shape index (κ1) is 22.1. The van der Waals surface area contributed by atoms with Crippen LogP contribution < -0.4 is 0 Å². The number of allylic oxidation sites excluding steroid dienone is 1. The first-order valence-electron chi connectivity index (χ1n) is 9.40. The summed E-state index contributed by atoms with van der Waals surface area (Å²) in [5.41, 5.74) is -1.25. The average molecular weight is 438 g/mol. The van der Waals surface area contributed by atoms with Gasteiger partial charge in [-0.15, -0.1) is 0 Å². The number of ether oxygens (including phenoxy) is 2. The second-order valence-corrected chi connectivity index (χ2v) is 10.4. The van der Waals surface area contributed by atoms with E-state index in [1.165, 1.54) is 0 Å². The molecule has 4 bridgehead atoms. The number of rotatable bonds is 7. The van der Waals surface area contributed by atoms with E-state index in [4.69, 9.17) is 9.29 Å². The van der Waals surface area contributed by atoms with Crippen LogP contribution in [0.3, 0.4) is 0 Å². The molecule has 4 rings (SSSR count). The van der Waals surface area contributed by atoms with Crippen molar-refractivity contribution in [3.63, 3.8) is 0 Å². The lowest BCUT2D eigenvalue weighted by molar-refractivity contribution is -0.235. The molecular formula is C19H25F3O6S. The second-order valence-electron chi connectivity index (χ2n) is 8.91. The van der Waals surface area contributed by atoms with Crippen LogP contribution in [-0.2, 0) is 24.4 Å². The fourth-order valence-corrected chi connectivity index (χ4v) is 6.17. The lowest BCUT2D eigenvalue weighted by Crippen LogP contribution is -2.60. The zero-order chi connectivity index (χ0) is 21.8. The molecule has 0 aromatic heterocycles. The Bertz CT molecular complexity index is 817. The summed E-state index contributed by atoms with van der Waals surface area (Å²) in [5, 5.41) is 0. The van der Waals surface area contributed by atoms with Gasteiger partial charge in [0.05, 0.1) is 5.41 Å². The monoisotopic (exact) mass is 438 g/mol. The zero-order valence-corrected chi connectivity index (χ0v) is 16.9. The van der Waals surface area contributed by atoms with Crippen molar-refractivity contribution in [1.29, 1.82) is 0 Å². The van der Waals surface area contributed by atoms with Crippen molar-refractivity contribution in [2.75, 3.05) is 5.75 Å². The molecule has 0 aromatic carbocycles. The van der Waals surface area contributed by atoms with E-state index in [0.29, 0.717) is 37.0 Å². The van der Waals surface area contributed by atoms with Gasteiger partial charge in [-0.2, -0.15) is 21.6 Å². The van der Waals surface area contributed by atoms with E-state index in [2.05, 4.69) is 17.9 Å². The van der Waals surface area contributed by atoms with Gasteiger partial charge in [0, 0.05) is 6.42 Å². The first-order valence-corrected chi connectivity index (χ1v) is 11.0. The van der Waals surface area contributed by atoms with Crippen molar-refractivity contribution < 1.29 is 40.4 Å². The van der Waals surface area contributed by atoms with E-state index >= 15 is 0 Å². The predicted molar refractivity (Wildman–Crippen MR) is 97.2 cm³/mol. The lowest BCUT2D eigenvalue weighted by Gasteiger charge is -2.60. The Labute approximate surface area is 167 Å².